The molecular formula is C26H38O9. The van der Waals surface area contributed by atoms with Crippen molar-refractivity contribution in [2.45, 2.75) is 89.5 Å². The highest BCUT2D eigenvalue weighted by atomic mass is 16.7. The molecule has 4 N–H and O–H groups in total. The third kappa shape index (κ3) is 4.57. The van der Waals surface area contributed by atoms with E-state index in [2.05, 4.69) is 13.5 Å². The average Bonchev–Trinajstić information content (AvgIpc) is 3.23. The number of hydrogen-bond donors (Lipinski definition) is 4. The predicted octanol–water partition coefficient (Wildman–Crippen LogP) is 1.37. The summed E-state index contributed by atoms with van der Waals surface area (Å²) in [5, 5.41) is 39.9. The van der Waals surface area contributed by atoms with Crippen LogP contribution in [0.15, 0.2) is 23.8 Å². The van der Waals surface area contributed by atoms with Gasteiger partial charge in [0.1, 0.15) is 31.0 Å². The van der Waals surface area contributed by atoms with Crippen LogP contribution in [0.4, 0.5) is 0 Å². The van der Waals surface area contributed by atoms with E-state index in [1.54, 1.807) is 0 Å². The second-order valence-electron chi connectivity index (χ2n) is 11.0. The molecule has 0 amide bonds. The van der Waals surface area contributed by atoms with E-state index in [0.29, 0.717) is 25.0 Å². The summed E-state index contributed by atoms with van der Waals surface area (Å²) in [6.45, 7) is 8.17. The number of aliphatic hydroxyl groups is 4. The van der Waals surface area contributed by atoms with E-state index in [9.17, 15) is 30.0 Å². The van der Waals surface area contributed by atoms with Crippen LogP contribution in [0.3, 0.4) is 0 Å². The Balaban J connectivity index is 1.52. The van der Waals surface area contributed by atoms with Gasteiger partial charge < -0.3 is 34.6 Å². The molecule has 1 saturated heterocycles. The maximum atomic E-state index is 13.6. The molecule has 9 atom stereocenters. The maximum absolute atomic E-state index is 13.6. The number of rotatable bonds is 6. The van der Waals surface area contributed by atoms with Gasteiger partial charge in [-0.15, -0.1) is 0 Å². The zero-order chi connectivity index (χ0) is 25.5. The van der Waals surface area contributed by atoms with Gasteiger partial charge in [0.05, 0.1) is 12.0 Å². The second kappa shape index (κ2) is 9.94. The lowest BCUT2D eigenvalue weighted by Gasteiger charge is -2.58. The molecule has 2 aliphatic heterocycles. The van der Waals surface area contributed by atoms with Crippen LogP contribution in [0.5, 0.6) is 0 Å². The van der Waals surface area contributed by atoms with Crippen LogP contribution in [0.25, 0.3) is 0 Å². The highest BCUT2D eigenvalue weighted by Gasteiger charge is 2.58. The first-order valence-electron chi connectivity index (χ1n) is 12.6. The Morgan fingerprint density at radius 1 is 1.20 bits per heavy atom. The van der Waals surface area contributed by atoms with E-state index in [0.717, 1.165) is 37.7 Å². The first kappa shape index (κ1) is 26.3. The minimum Gasteiger partial charge on any atom is -0.458 e. The van der Waals surface area contributed by atoms with Gasteiger partial charge in [0.25, 0.3) is 0 Å². The third-order valence-corrected chi connectivity index (χ3v) is 9.07. The second-order valence-corrected chi connectivity index (χ2v) is 11.0. The average molecular weight is 495 g/mol. The Hall–Kier alpha value is -1.78. The van der Waals surface area contributed by atoms with Crippen LogP contribution in [0.1, 0.15) is 58.8 Å². The highest BCUT2D eigenvalue weighted by Crippen LogP contribution is 2.62. The molecule has 0 aromatic carbocycles. The monoisotopic (exact) mass is 494 g/mol. The van der Waals surface area contributed by atoms with Crippen LogP contribution in [0.2, 0.25) is 0 Å². The Morgan fingerprint density at radius 3 is 2.60 bits per heavy atom. The molecule has 0 aromatic rings. The molecule has 196 valence electrons. The minimum absolute atomic E-state index is 0.0128. The molecule has 3 fully saturated rings. The molecule has 0 spiro atoms. The Morgan fingerprint density at radius 2 is 1.94 bits per heavy atom. The van der Waals surface area contributed by atoms with Gasteiger partial charge in [-0.3, -0.25) is 4.79 Å². The van der Waals surface area contributed by atoms with Crippen LogP contribution < -0.4 is 0 Å². The summed E-state index contributed by atoms with van der Waals surface area (Å²) in [5.41, 5.74) is 0.766. The molecule has 35 heavy (non-hydrogen) atoms. The van der Waals surface area contributed by atoms with Crippen molar-refractivity contribution in [1.82, 2.24) is 0 Å². The van der Waals surface area contributed by atoms with Gasteiger partial charge in [0.2, 0.25) is 6.29 Å². The first-order chi connectivity index (χ1) is 16.5. The predicted molar refractivity (Wildman–Crippen MR) is 124 cm³/mol. The lowest BCUT2D eigenvalue weighted by atomic mass is 9.46. The smallest absolute Gasteiger partial charge is 0.334 e. The van der Waals surface area contributed by atoms with E-state index in [-0.39, 0.29) is 23.2 Å². The maximum Gasteiger partial charge on any atom is 0.334 e. The number of carbonyl (C=O) groups excluding carboxylic acids is 2. The number of hydrogen-bond acceptors (Lipinski definition) is 9. The number of aliphatic hydroxyl groups excluding tert-OH is 4. The number of ether oxygens (including phenoxy) is 3. The van der Waals surface area contributed by atoms with Gasteiger partial charge in [-0.2, -0.15) is 0 Å². The standard InChI is InChI=1S/C26H38O9/c1-14-5-8-18-25(2,16(14)7-6-15-9-12-33-22(15)31)10-4-11-26(18,3)24(32)35-23-21(30)20(29)19(28)17(13-27)34-23/h9,16-21,23,27-30H,1,4-8,10-13H2,2-3H3/t16-,17-,18+,19-,20+,21-,23+,25+,26-/m1/s1. The normalized spacial score (nSPS) is 43.8. The number of allylic oxidation sites excluding steroid dienone is 1. The van der Waals surface area contributed by atoms with Crippen LogP contribution >= 0.6 is 0 Å². The molecule has 9 nitrogen and oxygen atoms in total. The summed E-state index contributed by atoms with van der Waals surface area (Å²) in [4.78, 5) is 25.5. The highest BCUT2D eigenvalue weighted by molar-refractivity contribution is 5.90. The van der Waals surface area contributed by atoms with E-state index in [1.165, 1.54) is 0 Å². The summed E-state index contributed by atoms with van der Waals surface area (Å²) >= 11 is 0. The van der Waals surface area contributed by atoms with Crippen molar-refractivity contribution in [2.24, 2.45) is 22.7 Å². The summed E-state index contributed by atoms with van der Waals surface area (Å²) in [7, 11) is 0. The van der Waals surface area contributed by atoms with E-state index in [4.69, 9.17) is 14.2 Å². The molecule has 4 aliphatic rings. The molecule has 9 heteroatoms. The minimum atomic E-state index is -1.63. The number of cyclic esters (lactones) is 1. The number of fused-ring (bicyclic) bond motifs is 1. The fourth-order valence-corrected chi connectivity index (χ4v) is 7.03. The van der Waals surface area contributed by atoms with Crippen molar-refractivity contribution >= 4 is 11.9 Å². The van der Waals surface area contributed by atoms with Gasteiger partial charge in [-0.25, -0.2) is 4.79 Å². The molecule has 0 bridgehead atoms. The van der Waals surface area contributed by atoms with Crippen molar-refractivity contribution in [1.29, 1.82) is 0 Å². The fourth-order valence-electron chi connectivity index (χ4n) is 7.03. The molecular weight excluding hydrogens is 456 g/mol. The summed E-state index contributed by atoms with van der Waals surface area (Å²) in [6.07, 6.45) is -0.305. The van der Waals surface area contributed by atoms with Crippen molar-refractivity contribution in [3.8, 4) is 0 Å². The Kier molecular flexibility index (Phi) is 7.46. The van der Waals surface area contributed by atoms with Crippen molar-refractivity contribution in [2.75, 3.05) is 13.2 Å². The van der Waals surface area contributed by atoms with E-state index in [1.807, 2.05) is 13.0 Å². The van der Waals surface area contributed by atoms with Crippen molar-refractivity contribution in [3.63, 3.8) is 0 Å². The Labute approximate surface area is 205 Å². The molecule has 2 aliphatic carbocycles. The molecule has 0 radical (unpaired) electrons. The molecule has 0 unspecified atom stereocenters. The Bertz CT molecular complexity index is 882. The topological polar surface area (TPSA) is 143 Å². The molecule has 0 aromatic heterocycles. The molecule has 2 saturated carbocycles. The van der Waals surface area contributed by atoms with Gasteiger partial charge in [-0.1, -0.05) is 25.5 Å². The largest absolute Gasteiger partial charge is 0.458 e. The SMILES string of the molecule is C=C1CC[C@H]2[C@@](C)(CCC[C@@]2(C)C(=O)O[C@@H]2O[C@H](CO)[C@@H](O)[C@H](O)[C@H]2O)[C@@H]1CCC1=CCOC1=O. The van der Waals surface area contributed by atoms with Crippen molar-refractivity contribution in [3.05, 3.63) is 23.8 Å². The van der Waals surface area contributed by atoms with Crippen LogP contribution in [-0.4, -0.2) is 76.3 Å². The quantitative estimate of drug-likeness (QED) is 0.318. The van der Waals surface area contributed by atoms with E-state index < -0.39 is 48.7 Å². The number of carbonyl (C=O) groups is 2. The number of esters is 2. The molecule has 4 rings (SSSR count). The zero-order valence-corrected chi connectivity index (χ0v) is 20.5. The van der Waals surface area contributed by atoms with E-state index >= 15 is 0 Å². The first-order valence-corrected chi connectivity index (χ1v) is 12.6. The lowest BCUT2D eigenvalue weighted by molar-refractivity contribution is -0.297. The van der Waals surface area contributed by atoms with Gasteiger partial charge in [0, 0.05) is 5.57 Å². The lowest BCUT2D eigenvalue weighted by Crippen LogP contribution is -2.61. The fraction of sp³-hybridized carbons (Fsp3) is 0.769. The van der Waals surface area contributed by atoms with Gasteiger partial charge in [-0.05, 0) is 68.8 Å². The van der Waals surface area contributed by atoms with Gasteiger partial charge >= 0.3 is 11.9 Å². The summed E-state index contributed by atoms with van der Waals surface area (Å²) in [5.74, 6) is -0.660. The third-order valence-electron chi connectivity index (χ3n) is 9.07. The van der Waals surface area contributed by atoms with Crippen LogP contribution in [-0.2, 0) is 23.8 Å². The molecule has 2 heterocycles. The summed E-state index contributed by atoms with van der Waals surface area (Å²) in [6, 6.07) is 0. The zero-order valence-electron chi connectivity index (χ0n) is 20.5. The van der Waals surface area contributed by atoms with Gasteiger partial charge in [0.15, 0.2) is 0 Å². The van der Waals surface area contributed by atoms with Crippen molar-refractivity contribution < 1.29 is 44.2 Å². The van der Waals surface area contributed by atoms with Crippen LogP contribution in [0, 0.1) is 22.7 Å². The summed E-state index contributed by atoms with van der Waals surface area (Å²) < 4.78 is 16.1.